The van der Waals surface area contributed by atoms with E-state index >= 15 is 0 Å². The number of nitrogens with one attached hydrogen (secondary N) is 1. The van der Waals surface area contributed by atoms with E-state index in [1.54, 1.807) is 43.5 Å². The van der Waals surface area contributed by atoms with Crippen LogP contribution >= 0.6 is 11.6 Å². The molecule has 2 heterocycles. The molecule has 2 aromatic rings. The van der Waals surface area contributed by atoms with Crippen molar-refractivity contribution in [3.8, 4) is 17.2 Å². The van der Waals surface area contributed by atoms with Crippen molar-refractivity contribution in [2.75, 3.05) is 39.9 Å². The minimum atomic E-state index is -3.52. The van der Waals surface area contributed by atoms with Crippen LogP contribution in [0, 0.1) is 5.92 Å². The molecule has 0 amide bonds. The minimum Gasteiger partial charge on any atom is -0.497 e. The second kappa shape index (κ2) is 9.65. The number of fused-ring (bicyclic) bond motifs is 1. The summed E-state index contributed by atoms with van der Waals surface area (Å²) < 4.78 is 44.7. The molecular formula is C22H27ClN2O5S. The van der Waals surface area contributed by atoms with E-state index in [9.17, 15) is 8.42 Å². The Morgan fingerprint density at radius 1 is 1.13 bits per heavy atom. The maximum absolute atomic E-state index is 12.5. The fraction of sp³-hybridized carbons (Fsp3) is 0.455. The van der Waals surface area contributed by atoms with Crippen molar-refractivity contribution in [3.63, 3.8) is 0 Å². The van der Waals surface area contributed by atoms with Crippen LogP contribution in [0.4, 0.5) is 0 Å². The van der Waals surface area contributed by atoms with Gasteiger partial charge in [0.15, 0.2) is 11.5 Å². The Morgan fingerprint density at radius 3 is 2.58 bits per heavy atom. The fourth-order valence-corrected chi connectivity index (χ4v) is 5.18. The summed E-state index contributed by atoms with van der Waals surface area (Å²) in [5, 5.41) is 0.626. The predicted octanol–water partition coefficient (Wildman–Crippen LogP) is 3.18. The van der Waals surface area contributed by atoms with E-state index in [-0.39, 0.29) is 11.0 Å². The molecule has 0 aromatic heterocycles. The summed E-state index contributed by atoms with van der Waals surface area (Å²) in [6.07, 6.45) is 1.82. The highest BCUT2D eigenvalue weighted by Gasteiger charge is 2.27. The lowest BCUT2D eigenvalue weighted by atomic mass is 9.97. The molecule has 1 fully saturated rings. The summed E-state index contributed by atoms with van der Waals surface area (Å²) >= 11 is 6.05. The number of nitrogens with zero attached hydrogens (tertiary/aromatic N) is 1. The summed E-state index contributed by atoms with van der Waals surface area (Å²) in [7, 11) is -1.97. The van der Waals surface area contributed by atoms with E-state index in [0.717, 1.165) is 38.2 Å². The van der Waals surface area contributed by atoms with E-state index in [4.69, 9.17) is 25.8 Å². The summed E-state index contributed by atoms with van der Waals surface area (Å²) in [5.74, 6) is 2.35. The molecule has 1 saturated heterocycles. The number of sulfonamides is 1. The molecule has 4 rings (SSSR count). The van der Waals surface area contributed by atoms with Crippen molar-refractivity contribution in [1.82, 2.24) is 9.62 Å². The maximum Gasteiger partial charge on any atom is 0.240 e. The van der Waals surface area contributed by atoms with Crippen LogP contribution in [0.1, 0.15) is 12.8 Å². The van der Waals surface area contributed by atoms with Crippen LogP contribution in [0.2, 0.25) is 5.02 Å². The quantitative estimate of drug-likeness (QED) is 0.675. The number of ether oxygens (including phenoxy) is 3. The number of halogens is 1. The van der Waals surface area contributed by atoms with Gasteiger partial charge in [-0.15, -0.1) is 0 Å². The van der Waals surface area contributed by atoms with Gasteiger partial charge >= 0.3 is 0 Å². The molecule has 2 aliphatic rings. The molecule has 2 aromatic carbocycles. The van der Waals surface area contributed by atoms with Gasteiger partial charge in [-0.1, -0.05) is 11.6 Å². The average molecular weight is 467 g/mol. The Balaban J connectivity index is 1.23. The molecule has 9 heteroatoms. The molecule has 0 radical (unpaired) electrons. The van der Waals surface area contributed by atoms with Gasteiger partial charge in [-0.25, -0.2) is 13.1 Å². The summed E-state index contributed by atoms with van der Waals surface area (Å²) in [5.41, 5.74) is 0. The molecule has 2 aliphatic heterocycles. The molecule has 0 bridgehead atoms. The standard InChI is InChI=1S/C22H27ClN2O5S/c1-28-18-3-5-20(6-4-18)31(26,27)24-13-16-8-10-25(11-9-16)14-19-15-29-21-7-2-17(23)12-22(21)30-19/h2-7,12,16,19,24H,8-11,13-15H2,1H3/t19-/m0/s1. The van der Waals surface area contributed by atoms with E-state index in [1.165, 1.54) is 0 Å². The average Bonchev–Trinajstić information content (AvgIpc) is 2.78. The van der Waals surface area contributed by atoms with E-state index in [1.807, 2.05) is 6.07 Å². The van der Waals surface area contributed by atoms with Crippen LogP contribution in [0.5, 0.6) is 17.2 Å². The second-order valence-electron chi connectivity index (χ2n) is 7.91. The number of hydrogen-bond acceptors (Lipinski definition) is 6. The van der Waals surface area contributed by atoms with Crippen LogP contribution in [0.25, 0.3) is 0 Å². The Labute approximate surface area is 188 Å². The van der Waals surface area contributed by atoms with Gasteiger partial charge in [0.2, 0.25) is 10.0 Å². The smallest absolute Gasteiger partial charge is 0.240 e. The zero-order valence-corrected chi connectivity index (χ0v) is 19.0. The first-order valence-electron chi connectivity index (χ1n) is 10.4. The summed E-state index contributed by atoms with van der Waals surface area (Å²) in [6, 6.07) is 11.8. The Kier molecular flexibility index (Phi) is 6.91. The van der Waals surface area contributed by atoms with Crippen LogP contribution in [0.3, 0.4) is 0 Å². The number of likely N-dealkylation sites (tertiary alicyclic amines) is 1. The van der Waals surface area contributed by atoms with Gasteiger partial charge in [-0.3, -0.25) is 4.90 Å². The zero-order chi connectivity index (χ0) is 21.8. The number of benzene rings is 2. The number of hydrogen-bond donors (Lipinski definition) is 1. The monoisotopic (exact) mass is 466 g/mol. The highest BCUT2D eigenvalue weighted by molar-refractivity contribution is 7.89. The lowest BCUT2D eigenvalue weighted by Crippen LogP contribution is -2.45. The fourth-order valence-electron chi connectivity index (χ4n) is 3.91. The van der Waals surface area contributed by atoms with Gasteiger partial charge in [0.1, 0.15) is 18.5 Å². The first kappa shape index (κ1) is 22.2. The van der Waals surface area contributed by atoms with Gasteiger partial charge in [-0.2, -0.15) is 0 Å². The molecule has 0 unspecified atom stereocenters. The van der Waals surface area contributed by atoms with Gasteiger partial charge in [-0.05, 0) is 68.2 Å². The molecule has 1 atom stereocenters. The maximum atomic E-state index is 12.5. The van der Waals surface area contributed by atoms with Crippen molar-refractivity contribution in [2.24, 2.45) is 5.92 Å². The number of rotatable bonds is 7. The molecule has 0 spiro atoms. The Hall–Kier alpha value is -2.00. The highest BCUT2D eigenvalue weighted by Crippen LogP contribution is 2.34. The molecule has 0 aliphatic carbocycles. The summed E-state index contributed by atoms with van der Waals surface area (Å²) in [4.78, 5) is 2.60. The first-order valence-corrected chi connectivity index (χ1v) is 12.2. The second-order valence-corrected chi connectivity index (χ2v) is 10.1. The van der Waals surface area contributed by atoms with Crippen LogP contribution in [0.15, 0.2) is 47.4 Å². The topological polar surface area (TPSA) is 77.1 Å². The van der Waals surface area contributed by atoms with Crippen molar-refractivity contribution in [2.45, 2.75) is 23.8 Å². The molecule has 168 valence electrons. The van der Waals surface area contributed by atoms with Crippen LogP contribution in [-0.2, 0) is 10.0 Å². The Morgan fingerprint density at radius 2 is 1.87 bits per heavy atom. The molecular weight excluding hydrogens is 440 g/mol. The minimum absolute atomic E-state index is 0.0453. The Bertz CT molecular complexity index is 991. The third-order valence-electron chi connectivity index (χ3n) is 5.72. The van der Waals surface area contributed by atoms with E-state index < -0.39 is 10.0 Å². The van der Waals surface area contributed by atoms with Gasteiger partial charge in [0.05, 0.1) is 12.0 Å². The first-order chi connectivity index (χ1) is 14.9. The van der Waals surface area contributed by atoms with Crippen LogP contribution in [-0.4, -0.2) is 59.3 Å². The third-order valence-corrected chi connectivity index (χ3v) is 7.40. The largest absolute Gasteiger partial charge is 0.497 e. The molecule has 0 saturated carbocycles. The molecule has 1 N–H and O–H groups in total. The van der Waals surface area contributed by atoms with Crippen molar-refractivity contribution < 1.29 is 22.6 Å². The number of methoxy groups -OCH3 is 1. The summed E-state index contributed by atoms with van der Waals surface area (Å²) in [6.45, 7) is 3.53. The van der Waals surface area contributed by atoms with Crippen molar-refractivity contribution >= 4 is 21.6 Å². The number of piperidine rings is 1. The van der Waals surface area contributed by atoms with E-state index in [0.29, 0.717) is 35.6 Å². The van der Waals surface area contributed by atoms with E-state index in [2.05, 4.69) is 9.62 Å². The van der Waals surface area contributed by atoms with Gasteiger partial charge in [0.25, 0.3) is 0 Å². The molecule has 31 heavy (non-hydrogen) atoms. The third kappa shape index (κ3) is 5.63. The normalized spacial score (nSPS) is 19.9. The lowest BCUT2D eigenvalue weighted by Gasteiger charge is -2.35. The SMILES string of the molecule is COc1ccc(S(=O)(=O)NCC2CCN(C[C@H]3COc4ccc(Cl)cc4O3)CC2)cc1. The zero-order valence-electron chi connectivity index (χ0n) is 17.4. The van der Waals surface area contributed by atoms with Crippen molar-refractivity contribution in [1.29, 1.82) is 0 Å². The highest BCUT2D eigenvalue weighted by atomic mass is 35.5. The van der Waals surface area contributed by atoms with Gasteiger partial charge < -0.3 is 14.2 Å². The predicted molar refractivity (Wildman–Crippen MR) is 119 cm³/mol. The van der Waals surface area contributed by atoms with Crippen molar-refractivity contribution in [3.05, 3.63) is 47.5 Å². The molecule has 7 nitrogen and oxygen atoms in total. The lowest BCUT2D eigenvalue weighted by molar-refractivity contribution is 0.0481. The van der Waals surface area contributed by atoms with Crippen LogP contribution < -0.4 is 18.9 Å². The van der Waals surface area contributed by atoms with Gasteiger partial charge in [0, 0.05) is 24.2 Å².